The molecule has 8 heteroatoms. The summed E-state index contributed by atoms with van der Waals surface area (Å²) in [6.45, 7) is 2.13. The maximum absolute atomic E-state index is 12.5. The summed E-state index contributed by atoms with van der Waals surface area (Å²) >= 11 is 0. The molecule has 1 fully saturated rings. The first-order chi connectivity index (χ1) is 12.6. The molecule has 0 aliphatic carbocycles. The van der Waals surface area contributed by atoms with Crippen LogP contribution < -0.4 is 11.1 Å². The van der Waals surface area contributed by atoms with Gasteiger partial charge in [0.2, 0.25) is 0 Å². The number of hydrogen-bond donors (Lipinski definition) is 2. The fourth-order valence-corrected chi connectivity index (χ4v) is 3.21. The van der Waals surface area contributed by atoms with Crippen LogP contribution >= 0.6 is 0 Å². The Bertz CT molecular complexity index is 724. The standard InChI is InChI=1S/C18H25N7O/c1-24(13-17-21-9-6-16(19)23-17)15-5-3-10-25(11-7-15)18(26)22-14-4-2-8-20-12-14/h2,4,6,8-9,12,15H,3,5,7,10-11,13H2,1H3,(H,22,26)(H2,19,21,23). The van der Waals surface area contributed by atoms with Crippen molar-refractivity contribution in [2.24, 2.45) is 0 Å². The molecule has 2 aromatic rings. The van der Waals surface area contributed by atoms with Gasteiger partial charge in [0.25, 0.3) is 0 Å². The third kappa shape index (κ3) is 4.89. The van der Waals surface area contributed by atoms with E-state index in [4.69, 9.17) is 5.73 Å². The van der Waals surface area contributed by atoms with E-state index in [9.17, 15) is 4.79 Å². The van der Waals surface area contributed by atoms with Crippen LogP contribution in [0, 0.1) is 0 Å². The Morgan fingerprint density at radius 1 is 1.35 bits per heavy atom. The quantitative estimate of drug-likeness (QED) is 0.870. The molecule has 1 aliphatic heterocycles. The number of nitrogens with two attached hydrogens (primary N) is 1. The summed E-state index contributed by atoms with van der Waals surface area (Å²) in [6.07, 6.45) is 7.94. The molecule has 0 aromatic carbocycles. The molecule has 2 amide bonds. The van der Waals surface area contributed by atoms with Crippen molar-refractivity contribution < 1.29 is 4.79 Å². The summed E-state index contributed by atoms with van der Waals surface area (Å²) in [5.74, 6) is 1.21. The van der Waals surface area contributed by atoms with Crippen molar-refractivity contribution in [3.05, 3.63) is 42.6 Å². The third-order valence-corrected chi connectivity index (χ3v) is 4.64. The summed E-state index contributed by atoms with van der Waals surface area (Å²) in [5.41, 5.74) is 6.44. The highest BCUT2D eigenvalue weighted by Crippen LogP contribution is 2.18. The average Bonchev–Trinajstić information content (AvgIpc) is 2.89. The van der Waals surface area contributed by atoms with E-state index in [1.165, 1.54) is 0 Å². The zero-order valence-electron chi connectivity index (χ0n) is 15.0. The van der Waals surface area contributed by atoms with Crippen molar-refractivity contribution >= 4 is 17.5 Å². The molecule has 1 saturated heterocycles. The van der Waals surface area contributed by atoms with Crippen LogP contribution in [0.25, 0.3) is 0 Å². The van der Waals surface area contributed by atoms with Crippen molar-refractivity contribution in [3.8, 4) is 0 Å². The number of nitrogens with one attached hydrogen (secondary N) is 1. The summed E-state index contributed by atoms with van der Waals surface area (Å²) in [4.78, 5) is 29.1. The molecule has 3 rings (SSSR count). The Morgan fingerprint density at radius 2 is 2.23 bits per heavy atom. The second-order valence-corrected chi connectivity index (χ2v) is 6.56. The number of nitrogens with zero attached hydrogens (tertiary/aromatic N) is 5. The lowest BCUT2D eigenvalue weighted by atomic mass is 10.1. The summed E-state index contributed by atoms with van der Waals surface area (Å²) in [6, 6.07) is 5.65. The lowest BCUT2D eigenvalue weighted by Gasteiger charge is -2.26. The van der Waals surface area contributed by atoms with Gasteiger partial charge in [-0.25, -0.2) is 14.8 Å². The molecule has 1 atom stereocenters. The van der Waals surface area contributed by atoms with E-state index in [1.807, 2.05) is 11.0 Å². The first kappa shape index (κ1) is 18.1. The normalized spacial score (nSPS) is 17.8. The predicted molar refractivity (Wildman–Crippen MR) is 100 cm³/mol. The minimum Gasteiger partial charge on any atom is -0.384 e. The van der Waals surface area contributed by atoms with Gasteiger partial charge in [-0.15, -0.1) is 0 Å². The predicted octanol–water partition coefficient (Wildman–Crippen LogP) is 1.97. The molecule has 1 aliphatic rings. The van der Waals surface area contributed by atoms with Gasteiger partial charge >= 0.3 is 6.03 Å². The van der Waals surface area contributed by atoms with E-state index in [-0.39, 0.29) is 6.03 Å². The van der Waals surface area contributed by atoms with Gasteiger partial charge in [0.1, 0.15) is 11.6 Å². The Kier molecular flexibility index (Phi) is 5.96. The van der Waals surface area contributed by atoms with Gasteiger partial charge in [0.15, 0.2) is 0 Å². The molecule has 0 radical (unpaired) electrons. The van der Waals surface area contributed by atoms with Crippen LogP contribution in [-0.4, -0.2) is 57.0 Å². The Hall–Kier alpha value is -2.74. The van der Waals surface area contributed by atoms with Gasteiger partial charge in [-0.3, -0.25) is 9.88 Å². The molecule has 26 heavy (non-hydrogen) atoms. The Balaban J connectivity index is 1.53. The van der Waals surface area contributed by atoms with Crippen molar-refractivity contribution in [2.45, 2.75) is 31.8 Å². The van der Waals surface area contributed by atoms with Gasteiger partial charge in [0.05, 0.1) is 18.4 Å². The second kappa shape index (κ2) is 8.57. The van der Waals surface area contributed by atoms with Crippen LogP contribution in [0.15, 0.2) is 36.8 Å². The largest absolute Gasteiger partial charge is 0.384 e. The number of likely N-dealkylation sites (tertiary alicyclic amines) is 1. The smallest absolute Gasteiger partial charge is 0.321 e. The van der Waals surface area contributed by atoms with Crippen molar-refractivity contribution in [3.63, 3.8) is 0 Å². The number of rotatable bonds is 4. The molecule has 2 aromatic heterocycles. The van der Waals surface area contributed by atoms with E-state index in [1.54, 1.807) is 30.7 Å². The number of urea groups is 1. The second-order valence-electron chi connectivity index (χ2n) is 6.56. The number of pyridine rings is 1. The maximum atomic E-state index is 12.5. The average molecular weight is 355 g/mol. The number of carbonyl (C=O) groups is 1. The fraction of sp³-hybridized carbons (Fsp3) is 0.444. The van der Waals surface area contributed by atoms with Gasteiger partial charge in [0, 0.05) is 31.5 Å². The van der Waals surface area contributed by atoms with Gasteiger partial charge in [-0.05, 0) is 44.5 Å². The molecule has 0 bridgehead atoms. The molecule has 8 nitrogen and oxygen atoms in total. The van der Waals surface area contributed by atoms with Crippen LogP contribution in [0.5, 0.6) is 0 Å². The Labute approximate surface area is 153 Å². The first-order valence-electron chi connectivity index (χ1n) is 8.85. The highest BCUT2D eigenvalue weighted by atomic mass is 16.2. The molecule has 3 heterocycles. The first-order valence-corrected chi connectivity index (χ1v) is 8.85. The number of aromatic nitrogens is 3. The van der Waals surface area contributed by atoms with Crippen LogP contribution in [0.1, 0.15) is 25.1 Å². The number of carbonyl (C=O) groups excluding carboxylic acids is 1. The van der Waals surface area contributed by atoms with Crippen LogP contribution in [-0.2, 0) is 6.54 Å². The SMILES string of the molecule is CN(Cc1nccc(N)n1)C1CCCN(C(=O)Nc2cccnc2)CC1. The summed E-state index contributed by atoms with van der Waals surface area (Å²) < 4.78 is 0. The van der Waals surface area contributed by atoms with Gasteiger partial charge < -0.3 is 16.0 Å². The fourth-order valence-electron chi connectivity index (χ4n) is 3.21. The lowest BCUT2D eigenvalue weighted by Crippen LogP contribution is -2.37. The summed E-state index contributed by atoms with van der Waals surface area (Å²) in [5, 5.41) is 2.91. The molecule has 0 saturated carbocycles. The monoisotopic (exact) mass is 355 g/mol. The molecular weight excluding hydrogens is 330 g/mol. The zero-order chi connectivity index (χ0) is 18.4. The highest BCUT2D eigenvalue weighted by Gasteiger charge is 2.23. The number of nitrogen functional groups attached to an aromatic ring is 1. The number of amides is 2. The number of anilines is 2. The van der Waals surface area contributed by atoms with E-state index in [2.05, 4.69) is 32.2 Å². The van der Waals surface area contributed by atoms with Crippen molar-refractivity contribution in [1.82, 2.24) is 24.8 Å². The van der Waals surface area contributed by atoms with Crippen LogP contribution in [0.3, 0.4) is 0 Å². The molecule has 138 valence electrons. The molecule has 0 spiro atoms. The van der Waals surface area contributed by atoms with Crippen molar-refractivity contribution in [1.29, 1.82) is 0 Å². The Morgan fingerprint density at radius 3 is 3.00 bits per heavy atom. The molecule has 3 N–H and O–H groups in total. The van der Waals surface area contributed by atoms with E-state index in [0.717, 1.165) is 38.2 Å². The zero-order valence-corrected chi connectivity index (χ0v) is 15.0. The van der Waals surface area contributed by atoms with E-state index >= 15 is 0 Å². The van der Waals surface area contributed by atoms with Gasteiger partial charge in [-0.2, -0.15) is 0 Å². The molecular formula is C18H25N7O. The highest BCUT2D eigenvalue weighted by molar-refractivity contribution is 5.89. The number of hydrogen-bond acceptors (Lipinski definition) is 6. The van der Waals surface area contributed by atoms with Crippen LogP contribution in [0.2, 0.25) is 0 Å². The van der Waals surface area contributed by atoms with Gasteiger partial charge in [-0.1, -0.05) is 0 Å². The topological polar surface area (TPSA) is 100 Å². The van der Waals surface area contributed by atoms with Crippen LogP contribution in [0.4, 0.5) is 16.3 Å². The van der Waals surface area contributed by atoms with Crippen molar-refractivity contribution in [2.75, 3.05) is 31.2 Å². The van der Waals surface area contributed by atoms with E-state index < -0.39 is 0 Å². The van der Waals surface area contributed by atoms with E-state index in [0.29, 0.717) is 24.1 Å². The summed E-state index contributed by atoms with van der Waals surface area (Å²) in [7, 11) is 2.07. The third-order valence-electron chi connectivity index (χ3n) is 4.64. The molecule has 1 unspecified atom stereocenters. The maximum Gasteiger partial charge on any atom is 0.321 e. The minimum absolute atomic E-state index is 0.0690. The minimum atomic E-state index is -0.0690. The lowest BCUT2D eigenvalue weighted by molar-refractivity contribution is 0.199.